The lowest BCUT2D eigenvalue weighted by Crippen LogP contribution is -2.26. The van der Waals surface area contributed by atoms with E-state index >= 15 is 0 Å². The SMILES string of the molecule is Clc1ccc(Cl)c(-c2csc(C3CCCCN3)n2)c1. The van der Waals surface area contributed by atoms with Crippen molar-refractivity contribution in [2.75, 3.05) is 6.54 Å². The zero-order chi connectivity index (χ0) is 13.2. The second-order valence-corrected chi connectivity index (χ2v) is 6.43. The first kappa shape index (κ1) is 13.4. The largest absolute Gasteiger partial charge is 0.308 e. The van der Waals surface area contributed by atoms with E-state index < -0.39 is 0 Å². The van der Waals surface area contributed by atoms with Gasteiger partial charge in [0.15, 0.2) is 0 Å². The molecule has 1 aromatic heterocycles. The molecule has 0 radical (unpaired) electrons. The van der Waals surface area contributed by atoms with Gasteiger partial charge in [-0.3, -0.25) is 0 Å². The quantitative estimate of drug-likeness (QED) is 0.850. The highest BCUT2D eigenvalue weighted by atomic mass is 35.5. The highest BCUT2D eigenvalue weighted by Gasteiger charge is 2.19. The number of hydrogen-bond donors (Lipinski definition) is 1. The van der Waals surface area contributed by atoms with Gasteiger partial charge in [0.2, 0.25) is 0 Å². The molecule has 0 bridgehead atoms. The number of nitrogens with zero attached hydrogens (tertiary/aromatic N) is 1. The zero-order valence-electron chi connectivity index (χ0n) is 10.3. The van der Waals surface area contributed by atoms with E-state index in [1.165, 1.54) is 12.8 Å². The summed E-state index contributed by atoms with van der Waals surface area (Å²) in [5.74, 6) is 0. The molecule has 0 saturated carbocycles. The topological polar surface area (TPSA) is 24.9 Å². The minimum absolute atomic E-state index is 0.394. The predicted octanol–water partition coefficient (Wildman–Crippen LogP) is 4.93. The van der Waals surface area contributed by atoms with Gasteiger partial charge >= 0.3 is 0 Å². The minimum atomic E-state index is 0.394. The minimum Gasteiger partial charge on any atom is -0.308 e. The van der Waals surface area contributed by atoms with Crippen LogP contribution in [0.4, 0.5) is 0 Å². The molecule has 1 aliphatic heterocycles. The van der Waals surface area contributed by atoms with E-state index in [0.29, 0.717) is 16.1 Å². The predicted molar refractivity (Wildman–Crippen MR) is 82.2 cm³/mol. The summed E-state index contributed by atoms with van der Waals surface area (Å²) in [6.07, 6.45) is 3.69. The van der Waals surface area contributed by atoms with Crippen LogP contribution in [0.3, 0.4) is 0 Å². The third kappa shape index (κ3) is 2.95. The van der Waals surface area contributed by atoms with Crippen LogP contribution in [0.5, 0.6) is 0 Å². The summed E-state index contributed by atoms with van der Waals surface area (Å²) in [7, 11) is 0. The molecule has 2 heterocycles. The van der Waals surface area contributed by atoms with Crippen molar-refractivity contribution in [2.24, 2.45) is 0 Å². The maximum atomic E-state index is 6.22. The lowest BCUT2D eigenvalue weighted by atomic mass is 10.1. The van der Waals surface area contributed by atoms with Gasteiger partial charge in [0.1, 0.15) is 5.01 Å². The lowest BCUT2D eigenvalue weighted by molar-refractivity contribution is 0.411. The molecule has 2 aromatic rings. The van der Waals surface area contributed by atoms with Crippen molar-refractivity contribution in [1.29, 1.82) is 0 Å². The van der Waals surface area contributed by atoms with Crippen LogP contribution in [0.25, 0.3) is 11.3 Å². The highest BCUT2D eigenvalue weighted by molar-refractivity contribution is 7.10. The van der Waals surface area contributed by atoms with Crippen molar-refractivity contribution in [3.63, 3.8) is 0 Å². The van der Waals surface area contributed by atoms with Crippen LogP contribution in [0.15, 0.2) is 23.6 Å². The van der Waals surface area contributed by atoms with Gasteiger partial charge in [-0.25, -0.2) is 4.98 Å². The fourth-order valence-corrected chi connectivity index (χ4v) is 3.64. The summed E-state index contributed by atoms with van der Waals surface area (Å²) in [6, 6.07) is 5.88. The Bertz CT molecular complexity index is 577. The third-order valence-corrected chi connectivity index (χ3v) is 4.86. The number of aromatic nitrogens is 1. The van der Waals surface area contributed by atoms with E-state index in [4.69, 9.17) is 28.2 Å². The van der Waals surface area contributed by atoms with Gasteiger partial charge in [-0.2, -0.15) is 0 Å². The lowest BCUT2D eigenvalue weighted by Gasteiger charge is -2.21. The molecule has 2 nitrogen and oxygen atoms in total. The molecular formula is C14H14Cl2N2S. The molecule has 100 valence electrons. The van der Waals surface area contributed by atoms with E-state index in [1.54, 1.807) is 17.4 Å². The Balaban J connectivity index is 1.89. The first-order chi connectivity index (χ1) is 9.24. The number of rotatable bonds is 2. The van der Waals surface area contributed by atoms with Crippen molar-refractivity contribution in [2.45, 2.75) is 25.3 Å². The zero-order valence-corrected chi connectivity index (χ0v) is 12.7. The van der Waals surface area contributed by atoms with Crippen molar-refractivity contribution < 1.29 is 0 Å². The van der Waals surface area contributed by atoms with Gasteiger partial charge in [0.05, 0.1) is 16.8 Å². The van der Waals surface area contributed by atoms with E-state index in [1.807, 2.05) is 12.1 Å². The second-order valence-electron chi connectivity index (χ2n) is 4.70. The molecule has 1 N–H and O–H groups in total. The smallest absolute Gasteiger partial charge is 0.110 e. The van der Waals surface area contributed by atoms with Crippen LogP contribution >= 0.6 is 34.5 Å². The molecule has 0 spiro atoms. The van der Waals surface area contributed by atoms with Gasteiger partial charge in [0, 0.05) is 16.0 Å². The number of nitrogens with one attached hydrogen (secondary N) is 1. The van der Waals surface area contributed by atoms with Crippen LogP contribution in [-0.2, 0) is 0 Å². The first-order valence-electron chi connectivity index (χ1n) is 6.38. The maximum absolute atomic E-state index is 6.22. The highest BCUT2D eigenvalue weighted by Crippen LogP contribution is 2.34. The molecule has 1 atom stereocenters. The fourth-order valence-electron chi connectivity index (χ4n) is 2.33. The van der Waals surface area contributed by atoms with E-state index in [-0.39, 0.29) is 0 Å². The molecular weight excluding hydrogens is 299 g/mol. The third-order valence-electron chi connectivity index (χ3n) is 3.33. The van der Waals surface area contributed by atoms with Crippen LogP contribution in [0.2, 0.25) is 10.0 Å². The van der Waals surface area contributed by atoms with Gasteiger partial charge in [0.25, 0.3) is 0 Å². The van der Waals surface area contributed by atoms with Crippen LogP contribution < -0.4 is 5.32 Å². The van der Waals surface area contributed by atoms with Crippen molar-refractivity contribution >= 4 is 34.5 Å². The first-order valence-corrected chi connectivity index (χ1v) is 8.02. The number of piperidine rings is 1. The Morgan fingerprint density at radius 1 is 1.26 bits per heavy atom. The van der Waals surface area contributed by atoms with Crippen molar-refractivity contribution in [3.8, 4) is 11.3 Å². The number of thiazole rings is 1. The molecule has 1 saturated heterocycles. The Morgan fingerprint density at radius 3 is 2.95 bits per heavy atom. The number of halogens is 2. The maximum Gasteiger partial charge on any atom is 0.110 e. The van der Waals surface area contributed by atoms with Gasteiger partial charge < -0.3 is 5.32 Å². The Morgan fingerprint density at radius 2 is 2.16 bits per heavy atom. The Labute approximate surface area is 126 Å². The van der Waals surface area contributed by atoms with Crippen LogP contribution in [-0.4, -0.2) is 11.5 Å². The average Bonchev–Trinajstić information content (AvgIpc) is 2.92. The molecule has 0 aliphatic carbocycles. The Kier molecular flexibility index (Phi) is 4.08. The number of hydrogen-bond acceptors (Lipinski definition) is 3. The normalized spacial score (nSPS) is 19.6. The van der Waals surface area contributed by atoms with Crippen LogP contribution in [0, 0.1) is 0 Å². The molecule has 5 heteroatoms. The van der Waals surface area contributed by atoms with Crippen molar-refractivity contribution in [1.82, 2.24) is 10.3 Å². The summed E-state index contributed by atoms with van der Waals surface area (Å²) >= 11 is 13.9. The van der Waals surface area contributed by atoms with E-state index in [2.05, 4.69) is 10.7 Å². The summed E-state index contributed by atoms with van der Waals surface area (Å²) in [4.78, 5) is 4.72. The molecule has 19 heavy (non-hydrogen) atoms. The molecule has 1 fully saturated rings. The molecule has 1 unspecified atom stereocenters. The van der Waals surface area contributed by atoms with E-state index in [0.717, 1.165) is 29.2 Å². The molecule has 0 amide bonds. The molecule has 3 rings (SSSR count). The van der Waals surface area contributed by atoms with Gasteiger partial charge in [-0.1, -0.05) is 29.6 Å². The Hall–Kier alpha value is -0.610. The van der Waals surface area contributed by atoms with E-state index in [9.17, 15) is 0 Å². The van der Waals surface area contributed by atoms with Gasteiger partial charge in [-0.15, -0.1) is 11.3 Å². The monoisotopic (exact) mass is 312 g/mol. The van der Waals surface area contributed by atoms with Crippen molar-refractivity contribution in [3.05, 3.63) is 38.6 Å². The summed E-state index contributed by atoms with van der Waals surface area (Å²) in [5.41, 5.74) is 1.83. The van der Waals surface area contributed by atoms with Gasteiger partial charge in [-0.05, 0) is 37.6 Å². The average molecular weight is 313 g/mol. The molecule has 1 aromatic carbocycles. The number of benzene rings is 1. The second kappa shape index (κ2) is 5.80. The standard InChI is InChI=1S/C14H14Cl2N2S/c15-9-4-5-11(16)10(7-9)13-8-19-14(18-13)12-3-1-2-6-17-12/h4-5,7-8,12,17H,1-3,6H2. The molecule has 1 aliphatic rings. The summed E-state index contributed by atoms with van der Waals surface area (Å²) < 4.78 is 0. The van der Waals surface area contributed by atoms with Crippen LogP contribution in [0.1, 0.15) is 30.3 Å². The summed E-state index contributed by atoms with van der Waals surface area (Å²) in [5, 5.41) is 8.10. The summed E-state index contributed by atoms with van der Waals surface area (Å²) in [6.45, 7) is 1.08. The fraction of sp³-hybridized carbons (Fsp3) is 0.357.